The average molecular weight is 219 g/mol. The van der Waals surface area contributed by atoms with Crippen molar-refractivity contribution in [3.8, 4) is 0 Å². The summed E-state index contributed by atoms with van der Waals surface area (Å²) in [6.07, 6.45) is 3.31. The van der Waals surface area contributed by atoms with Crippen LogP contribution in [0.1, 0.15) is 20.8 Å². The van der Waals surface area contributed by atoms with Crippen molar-refractivity contribution in [2.75, 3.05) is 0 Å². The minimum absolute atomic E-state index is 0.00806. The molecule has 76 valence electrons. The Balaban J connectivity index is 4.95. The third kappa shape index (κ3) is 2.97. The van der Waals surface area contributed by atoms with E-state index >= 15 is 0 Å². The molecule has 0 aromatic rings. The molecule has 0 N–H and O–H groups in total. The van der Waals surface area contributed by atoms with Gasteiger partial charge in [0, 0.05) is 0 Å². The second kappa shape index (κ2) is 4.44. The van der Waals surface area contributed by atoms with Crippen molar-refractivity contribution >= 4 is 22.1 Å². The van der Waals surface area contributed by atoms with Crippen LogP contribution in [0, 0.1) is 5.41 Å². The van der Waals surface area contributed by atoms with Gasteiger partial charge >= 0.3 is 0 Å². The van der Waals surface area contributed by atoms with Crippen LogP contribution in [0.25, 0.3) is 0 Å². The van der Waals surface area contributed by atoms with Crippen molar-refractivity contribution in [3.05, 3.63) is 25.3 Å². The second-order valence-corrected chi connectivity index (χ2v) is 5.34. The Hall–Kier alpha value is -0.0531. The van der Waals surface area contributed by atoms with Gasteiger partial charge in [-0.05, 0) is 5.41 Å². The van der Waals surface area contributed by atoms with Crippen LogP contribution in [-0.2, 0) is 4.43 Å². The number of rotatable bonds is 4. The molecule has 0 aliphatic rings. The van der Waals surface area contributed by atoms with Gasteiger partial charge in [0.05, 0.1) is 6.10 Å². The lowest BCUT2D eigenvalue weighted by atomic mass is 9.81. The Labute approximate surface area is 89.4 Å². The topological polar surface area (TPSA) is 9.23 Å². The van der Waals surface area contributed by atoms with Crippen LogP contribution in [0.5, 0.6) is 0 Å². The first-order valence-corrected chi connectivity index (χ1v) is 5.50. The Morgan fingerprint density at radius 2 is 1.69 bits per heavy atom. The maximum atomic E-state index is 6.32. The van der Waals surface area contributed by atoms with E-state index in [2.05, 4.69) is 33.9 Å². The molecule has 0 radical (unpaired) electrons. The van der Waals surface area contributed by atoms with Crippen molar-refractivity contribution in [1.82, 2.24) is 0 Å². The minimum Gasteiger partial charge on any atom is -0.422 e. The Morgan fingerprint density at radius 1 is 1.31 bits per heavy atom. The van der Waals surface area contributed by atoms with Gasteiger partial charge in [-0.1, -0.05) is 32.9 Å². The SMILES string of the molecule is C=CC(Cl)(C=C)C(O[SiH3])C(C)(C)C. The van der Waals surface area contributed by atoms with Crippen LogP contribution in [0.3, 0.4) is 0 Å². The summed E-state index contributed by atoms with van der Waals surface area (Å²) in [7, 11) is 0.663. The van der Waals surface area contributed by atoms with E-state index in [1.807, 2.05) is 0 Å². The van der Waals surface area contributed by atoms with E-state index in [-0.39, 0.29) is 11.5 Å². The zero-order chi connectivity index (χ0) is 10.7. The number of alkyl halides is 1. The van der Waals surface area contributed by atoms with E-state index in [1.165, 1.54) is 0 Å². The highest BCUT2D eigenvalue weighted by atomic mass is 35.5. The van der Waals surface area contributed by atoms with Crippen molar-refractivity contribution < 1.29 is 4.43 Å². The normalized spacial score (nSPS) is 15.4. The first-order valence-electron chi connectivity index (χ1n) is 4.30. The highest BCUT2D eigenvalue weighted by Gasteiger charge is 2.39. The first-order chi connectivity index (χ1) is 5.81. The average Bonchev–Trinajstić information content (AvgIpc) is 2.02. The fraction of sp³-hybridized carbons (Fsp3) is 0.600. The highest BCUT2D eigenvalue weighted by molar-refractivity contribution is 6.27. The summed E-state index contributed by atoms with van der Waals surface area (Å²) in [6, 6.07) is 0. The van der Waals surface area contributed by atoms with Gasteiger partial charge < -0.3 is 4.43 Å². The molecule has 13 heavy (non-hydrogen) atoms. The molecule has 0 aromatic carbocycles. The minimum atomic E-state index is -0.653. The summed E-state index contributed by atoms with van der Waals surface area (Å²) >= 11 is 6.32. The molecule has 0 rings (SSSR count). The smallest absolute Gasteiger partial charge is 0.146 e. The van der Waals surface area contributed by atoms with Crippen LogP contribution in [0.4, 0.5) is 0 Å². The van der Waals surface area contributed by atoms with Crippen molar-refractivity contribution in [2.24, 2.45) is 5.41 Å². The predicted octanol–water partition coefficient (Wildman–Crippen LogP) is 2.05. The standard InChI is InChI=1S/C10H19ClOSi/c1-6-10(11,7-2)8(12-13)9(3,4)5/h6-8H,1-2H2,3-5,13H3. The van der Waals surface area contributed by atoms with E-state index in [0.29, 0.717) is 10.5 Å². The van der Waals surface area contributed by atoms with E-state index < -0.39 is 4.87 Å². The van der Waals surface area contributed by atoms with E-state index in [1.54, 1.807) is 12.2 Å². The lowest BCUT2D eigenvalue weighted by molar-refractivity contribution is 0.0841. The summed E-state index contributed by atoms with van der Waals surface area (Å²) in [5.41, 5.74) is -0.00806. The van der Waals surface area contributed by atoms with Gasteiger partial charge in [-0.3, -0.25) is 0 Å². The molecule has 0 heterocycles. The molecule has 0 fully saturated rings. The third-order valence-electron chi connectivity index (χ3n) is 2.05. The van der Waals surface area contributed by atoms with Gasteiger partial charge in [0.15, 0.2) is 0 Å². The molecule has 1 unspecified atom stereocenters. The number of halogens is 1. The Bertz CT molecular complexity index is 188. The predicted molar refractivity (Wildman–Crippen MR) is 63.2 cm³/mol. The number of hydrogen-bond donors (Lipinski definition) is 0. The molecule has 0 spiro atoms. The van der Waals surface area contributed by atoms with Gasteiger partial charge in [0.1, 0.15) is 15.4 Å². The zero-order valence-electron chi connectivity index (χ0n) is 8.93. The van der Waals surface area contributed by atoms with E-state index in [4.69, 9.17) is 16.0 Å². The van der Waals surface area contributed by atoms with Gasteiger partial charge in [0.2, 0.25) is 0 Å². The molecule has 1 atom stereocenters. The molecular formula is C10H19ClOSi. The molecule has 0 aliphatic heterocycles. The van der Waals surface area contributed by atoms with E-state index in [9.17, 15) is 0 Å². The quantitative estimate of drug-likeness (QED) is 0.399. The molecule has 0 aromatic heterocycles. The Kier molecular flexibility index (Phi) is 4.43. The third-order valence-corrected chi connectivity index (χ3v) is 3.03. The van der Waals surface area contributed by atoms with Gasteiger partial charge in [0.25, 0.3) is 0 Å². The van der Waals surface area contributed by atoms with Gasteiger partial charge in [-0.15, -0.1) is 24.8 Å². The number of hydrogen-bond acceptors (Lipinski definition) is 1. The fourth-order valence-corrected chi connectivity index (χ4v) is 3.16. The molecule has 0 saturated carbocycles. The Morgan fingerprint density at radius 3 is 1.77 bits per heavy atom. The summed E-state index contributed by atoms with van der Waals surface area (Å²) in [5, 5.41) is 0. The fourth-order valence-electron chi connectivity index (χ4n) is 1.50. The van der Waals surface area contributed by atoms with Crippen molar-refractivity contribution in [3.63, 3.8) is 0 Å². The molecule has 1 nitrogen and oxygen atoms in total. The van der Waals surface area contributed by atoms with Gasteiger partial charge in [-0.25, -0.2) is 0 Å². The zero-order valence-corrected chi connectivity index (χ0v) is 11.7. The summed E-state index contributed by atoms with van der Waals surface area (Å²) in [4.78, 5) is -0.653. The van der Waals surface area contributed by atoms with Crippen LogP contribution < -0.4 is 0 Å². The molecule has 0 amide bonds. The van der Waals surface area contributed by atoms with E-state index in [0.717, 1.165) is 0 Å². The molecule has 0 aliphatic carbocycles. The van der Waals surface area contributed by atoms with Crippen LogP contribution >= 0.6 is 11.6 Å². The first kappa shape index (κ1) is 12.9. The molecular weight excluding hydrogens is 200 g/mol. The summed E-state index contributed by atoms with van der Waals surface area (Å²) in [5.74, 6) is 0. The summed E-state index contributed by atoms with van der Waals surface area (Å²) in [6.45, 7) is 13.7. The van der Waals surface area contributed by atoms with Crippen molar-refractivity contribution in [1.29, 1.82) is 0 Å². The molecule has 0 saturated heterocycles. The lowest BCUT2D eigenvalue weighted by Crippen LogP contribution is -2.44. The van der Waals surface area contributed by atoms with Crippen LogP contribution in [0.15, 0.2) is 25.3 Å². The monoisotopic (exact) mass is 218 g/mol. The summed E-state index contributed by atoms with van der Waals surface area (Å²) < 4.78 is 5.53. The lowest BCUT2D eigenvalue weighted by Gasteiger charge is -2.39. The maximum absolute atomic E-state index is 6.32. The van der Waals surface area contributed by atoms with Gasteiger partial charge in [-0.2, -0.15) is 0 Å². The van der Waals surface area contributed by atoms with Crippen LogP contribution in [-0.4, -0.2) is 21.5 Å². The molecule has 3 heteroatoms. The second-order valence-electron chi connectivity index (χ2n) is 4.22. The highest BCUT2D eigenvalue weighted by Crippen LogP contribution is 2.36. The maximum Gasteiger partial charge on any atom is 0.146 e. The largest absolute Gasteiger partial charge is 0.422 e. The van der Waals surface area contributed by atoms with Crippen LogP contribution in [0.2, 0.25) is 0 Å². The van der Waals surface area contributed by atoms with Crippen molar-refractivity contribution in [2.45, 2.75) is 31.7 Å². The molecule has 0 bridgehead atoms.